The second-order valence-corrected chi connectivity index (χ2v) is 8.88. The molecule has 164 valence electrons. The third-order valence-electron chi connectivity index (χ3n) is 6.38. The van der Waals surface area contributed by atoms with Gasteiger partial charge in [-0.25, -0.2) is 9.97 Å². The van der Waals surface area contributed by atoms with E-state index in [0.717, 1.165) is 64.6 Å². The van der Waals surface area contributed by atoms with Crippen molar-refractivity contribution in [2.24, 2.45) is 0 Å². The van der Waals surface area contributed by atoms with E-state index in [1.807, 2.05) is 18.3 Å². The summed E-state index contributed by atoms with van der Waals surface area (Å²) in [5.41, 5.74) is 7.45. The highest BCUT2D eigenvalue weighted by molar-refractivity contribution is 5.77. The first-order valence-electron chi connectivity index (χ1n) is 11.5. The molecule has 2 unspecified atom stereocenters. The molecule has 0 saturated carbocycles. The minimum Gasteiger partial charge on any atom is -0.341 e. The van der Waals surface area contributed by atoms with Gasteiger partial charge < -0.3 is 20.6 Å². The fourth-order valence-corrected chi connectivity index (χ4v) is 4.56. The van der Waals surface area contributed by atoms with Crippen LogP contribution in [-0.2, 0) is 0 Å². The van der Waals surface area contributed by atoms with Crippen LogP contribution < -0.4 is 10.6 Å². The molecule has 1 fully saturated rings. The lowest BCUT2D eigenvalue weighted by Crippen LogP contribution is -2.15. The first-order valence-corrected chi connectivity index (χ1v) is 11.5. The number of aromatic amines is 2. The molecule has 1 saturated heterocycles. The Kier molecular flexibility index (Phi) is 5.06. The van der Waals surface area contributed by atoms with Crippen molar-refractivity contribution in [2.45, 2.75) is 31.8 Å². The zero-order chi connectivity index (χ0) is 22.2. The van der Waals surface area contributed by atoms with Crippen LogP contribution in [0.25, 0.3) is 22.3 Å². The number of benzene rings is 2. The third kappa shape index (κ3) is 4.09. The molecule has 2 aromatic carbocycles. The summed E-state index contributed by atoms with van der Waals surface area (Å²) < 4.78 is 0. The molecule has 4 N–H and O–H groups in total. The number of rotatable bonds is 3. The lowest BCUT2D eigenvalue weighted by atomic mass is 10.1. The van der Waals surface area contributed by atoms with Crippen molar-refractivity contribution < 1.29 is 0 Å². The van der Waals surface area contributed by atoms with E-state index < -0.39 is 0 Å². The summed E-state index contributed by atoms with van der Waals surface area (Å²) in [4.78, 5) is 16.2. The standard InChI is InChI=1S/C27H26N6/c1-17-13-24(29-15-17)26-30-16-25(33-26)20-9-6-18(7-10-20)4-5-19-8-11-21-23(14-19)32-27(31-21)22-3-2-12-28-22/h6-11,13-14,16,22,24,28-29H,2-3,12,15H2,1H3,(H,30,33)(H,31,32). The van der Waals surface area contributed by atoms with E-state index in [1.54, 1.807) is 0 Å². The van der Waals surface area contributed by atoms with Gasteiger partial charge >= 0.3 is 0 Å². The van der Waals surface area contributed by atoms with E-state index in [0.29, 0.717) is 6.04 Å². The molecule has 2 aromatic heterocycles. The lowest BCUT2D eigenvalue weighted by Gasteiger charge is -2.04. The zero-order valence-electron chi connectivity index (χ0n) is 18.6. The van der Waals surface area contributed by atoms with Crippen LogP contribution in [0.5, 0.6) is 0 Å². The molecule has 0 radical (unpaired) electrons. The molecule has 2 aliphatic heterocycles. The number of hydrogen-bond donors (Lipinski definition) is 4. The van der Waals surface area contributed by atoms with Gasteiger partial charge in [-0.1, -0.05) is 35.6 Å². The van der Waals surface area contributed by atoms with Crippen LogP contribution in [0.15, 0.2) is 60.3 Å². The topological polar surface area (TPSA) is 81.4 Å². The van der Waals surface area contributed by atoms with Crippen molar-refractivity contribution in [2.75, 3.05) is 13.1 Å². The number of H-pyrrole nitrogens is 2. The Balaban J connectivity index is 1.18. The normalized spacial score (nSPS) is 20.1. The molecule has 6 nitrogen and oxygen atoms in total. The maximum Gasteiger partial charge on any atom is 0.127 e. The van der Waals surface area contributed by atoms with Crippen molar-refractivity contribution in [3.8, 4) is 23.1 Å². The van der Waals surface area contributed by atoms with E-state index in [1.165, 1.54) is 12.0 Å². The molecule has 6 rings (SSSR count). The van der Waals surface area contributed by atoms with Gasteiger partial charge in [0.25, 0.3) is 0 Å². The average molecular weight is 435 g/mol. The largest absolute Gasteiger partial charge is 0.341 e. The third-order valence-corrected chi connectivity index (χ3v) is 6.38. The van der Waals surface area contributed by atoms with Crippen LogP contribution in [-0.4, -0.2) is 33.0 Å². The van der Waals surface area contributed by atoms with Gasteiger partial charge in [0, 0.05) is 17.7 Å². The quantitative estimate of drug-likeness (QED) is 0.285. The maximum atomic E-state index is 4.74. The molecule has 4 heterocycles. The van der Waals surface area contributed by atoms with Crippen molar-refractivity contribution >= 4 is 11.0 Å². The summed E-state index contributed by atoms with van der Waals surface area (Å²) in [6.45, 7) is 4.11. The molecular formula is C27H26N6. The van der Waals surface area contributed by atoms with Crippen molar-refractivity contribution in [1.82, 2.24) is 30.6 Å². The fraction of sp³-hybridized carbons (Fsp3) is 0.259. The first kappa shape index (κ1) is 20.0. The van der Waals surface area contributed by atoms with Gasteiger partial charge in [0.2, 0.25) is 0 Å². The van der Waals surface area contributed by atoms with E-state index >= 15 is 0 Å². The number of hydrogen-bond acceptors (Lipinski definition) is 4. The van der Waals surface area contributed by atoms with Crippen LogP contribution in [0.1, 0.15) is 54.6 Å². The first-order chi connectivity index (χ1) is 16.2. The van der Waals surface area contributed by atoms with Crippen LogP contribution in [0.4, 0.5) is 0 Å². The molecule has 2 atom stereocenters. The number of imidazole rings is 2. The molecule has 0 amide bonds. The second kappa shape index (κ2) is 8.36. The average Bonchev–Trinajstić information content (AvgIpc) is 3.64. The molecule has 2 aliphatic rings. The molecule has 0 spiro atoms. The summed E-state index contributed by atoms with van der Waals surface area (Å²) >= 11 is 0. The van der Waals surface area contributed by atoms with E-state index in [9.17, 15) is 0 Å². The number of fused-ring (bicyclic) bond motifs is 1. The summed E-state index contributed by atoms with van der Waals surface area (Å²) in [6, 6.07) is 15.0. The summed E-state index contributed by atoms with van der Waals surface area (Å²) in [5.74, 6) is 8.55. The molecule has 33 heavy (non-hydrogen) atoms. The van der Waals surface area contributed by atoms with Crippen LogP contribution in [0.3, 0.4) is 0 Å². The molecule has 6 heteroatoms. The Morgan fingerprint density at radius 1 is 0.939 bits per heavy atom. The van der Waals surface area contributed by atoms with Crippen molar-refractivity contribution in [3.63, 3.8) is 0 Å². The zero-order valence-corrected chi connectivity index (χ0v) is 18.6. The Morgan fingerprint density at radius 2 is 1.79 bits per heavy atom. The minimum atomic E-state index is 0.168. The predicted octanol–water partition coefficient (Wildman–Crippen LogP) is 4.37. The van der Waals surface area contributed by atoms with Crippen LogP contribution in [0, 0.1) is 11.8 Å². The molecule has 4 aromatic rings. The Morgan fingerprint density at radius 3 is 2.58 bits per heavy atom. The lowest BCUT2D eigenvalue weighted by molar-refractivity contribution is 0.614. The van der Waals surface area contributed by atoms with Gasteiger partial charge in [-0.15, -0.1) is 0 Å². The molecule has 0 aliphatic carbocycles. The minimum absolute atomic E-state index is 0.168. The van der Waals surface area contributed by atoms with Crippen molar-refractivity contribution in [3.05, 3.63) is 83.1 Å². The smallest absolute Gasteiger partial charge is 0.127 e. The fourth-order valence-electron chi connectivity index (χ4n) is 4.56. The monoisotopic (exact) mass is 434 g/mol. The summed E-state index contributed by atoms with van der Waals surface area (Å²) in [5, 5.41) is 6.94. The van der Waals surface area contributed by atoms with Gasteiger partial charge in [0.1, 0.15) is 11.6 Å². The summed E-state index contributed by atoms with van der Waals surface area (Å²) in [7, 11) is 0. The van der Waals surface area contributed by atoms with Gasteiger partial charge in [-0.2, -0.15) is 0 Å². The number of nitrogens with zero attached hydrogens (tertiary/aromatic N) is 2. The Hall–Kier alpha value is -3.66. The molecule has 0 bridgehead atoms. The van der Waals surface area contributed by atoms with E-state index in [4.69, 9.17) is 4.98 Å². The van der Waals surface area contributed by atoms with E-state index in [-0.39, 0.29) is 6.04 Å². The Bertz CT molecular complexity index is 1390. The number of aromatic nitrogens is 4. The van der Waals surface area contributed by atoms with Gasteiger partial charge in [-0.05, 0) is 62.2 Å². The molecular weight excluding hydrogens is 408 g/mol. The maximum absolute atomic E-state index is 4.74. The van der Waals surface area contributed by atoms with Crippen LogP contribution in [0.2, 0.25) is 0 Å². The van der Waals surface area contributed by atoms with Crippen LogP contribution >= 0.6 is 0 Å². The van der Waals surface area contributed by atoms with Gasteiger partial charge in [0.15, 0.2) is 0 Å². The van der Waals surface area contributed by atoms with Gasteiger partial charge in [-0.3, -0.25) is 0 Å². The highest BCUT2D eigenvalue weighted by Crippen LogP contribution is 2.24. The summed E-state index contributed by atoms with van der Waals surface area (Å²) in [6.07, 6.45) is 6.45. The Labute approximate surface area is 192 Å². The highest BCUT2D eigenvalue weighted by atomic mass is 15.0. The SMILES string of the molecule is CC1=CC(c2ncc(-c3ccc(C#Cc4ccc5nc(C6CCCN6)[nH]c5c4)cc3)[nH]2)NC1. The van der Waals surface area contributed by atoms with Gasteiger partial charge in [0.05, 0.1) is 35.0 Å². The van der Waals surface area contributed by atoms with E-state index in [2.05, 4.69) is 80.8 Å². The highest BCUT2D eigenvalue weighted by Gasteiger charge is 2.19. The predicted molar refractivity (Wildman–Crippen MR) is 131 cm³/mol. The number of nitrogens with one attached hydrogen (secondary N) is 4. The van der Waals surface area contributed by atoms with Crippen molar-refractivity contribution in [1.29, 1.82) is 0 Å². The second-order valence-electron chi connectivity index (χ2n) is 8.88.